The zero-order valence-electron chi connectivity index (χ0n) is 9.52. The van der Waals surface area contributed by atoms with Crippen LogP contribution in [0.5, 0.6) is 0 Å². The second kappa shape index (κ2) is 5.74. The summed E-state index contributed by atoms with van der Waals surface area (Å²) < 4.78 is 4.57. The lowest BCUT2D eigenvalue weighted by Gasteiger charge is -2.03. The topological polar surface area (TPSA) is 85.4 Å². The quantitative estimate of drug-likeness (QED) is 0.617. The van der Waals surface area contributed by atoms with E-state index in [9.17, 15) is 14.4 Å². The summed E-state index contributed by atoms with van der Waals surface area (Å²) in [5.41, 5.74) is 0.320. The summed E-state index contributed by atoms with van der Waals surface area (Å²) in [6.45, 7) is 2.28. The van der Waals surface area contributed by atoms with Gasteiger partial charge in [0.1, 0.15) is 5.82 Å². The molecule has 0 aliphatic heterocycles. The summed E-state index contributed by atoms with van der Waals surface area (Å²) >= 11 is 0. The highest BCUT2D eigenvalue weighted by Gasteiger charge is 2.08. The molecule has 0 unspecified atom stereocenters. The minimum Gasteiger partial charge on any atom is -0.457 e. The van der Waals surface area contributed by atoms with Crippen molar-refractivity contribution in [2.24, 2.45) is 0 Å². The van der Waals surface area contributed by atoms with Gasteiger partial charge in [0.25, 0.3) is 0 Å². The Balaban J connectivity index is 2.63. The number of carbonyl (C=O) groups is 3. The van der Waals surface area contributed by atoms with Crippen molar-refractivity contribution >= 4 is 23.5 Å². The van der Waals surface area contributed by atoms with Crippen LogP contribution in [0, 0.1) is 0 Å². The molecular formula is C11H12N2O4. The largest absolute Gasteiger partial charge is 0.457 e. The van der Waals surface area contributed by atoms with E-state index in [0.717, 1.165) is 0 Å². The first-order valence-electron chi connectivity index (χ1n) is 4.89. The molecule has 0 aliphatic rings. The summed E-state index contributed by atoms with van der Waals surface area (Å²) in [6, 6.07) is 3.01. The molecule has 1 rings (SSSR count). The highest BCUT2D eigenvalue weighted by Crippen LogP contribution is 2.06. The minimum atomic E-state index is -0.513. The third-order valence-corrected chi connectivity index (χ3v) is 1.80. The van der Waals surface area contributed by atoms with E-state index in [0.29, 0.717) is 11.4 Å². The normalized spacial score (nSPS) is 9.53. The first-order chi connectivity index (χ1) is 7.99. The van der Waals surface area contributed by atoms with Crippen LogP contribution >= 0.6 is 0 Å². The van der Waals surface area contributed by atoms with Crippen molar-refractivity contribution in [2.75, 3.05) is 11.9 Å². The fraction of sp³-hybridized carbons (Fsp3) is 0.273. The number of hydrogen-bond acceptors (Lipinski definition) is 5. The molecule has 0 saturated heterocycles. The van der Waals surface area contributed by atoms with Gasteiger partial charge in [0.15, 0.2) is 6.61 Å². The van der Waals surface area contributed by atoms with Crippen molar-refractivity contribution in [2.45, 2.75) is 13.8 Å². The summed E-state index contributed by atoms with van der Waals surface area (Å²) in [7, 11) is 0. The highest BCUT2D eigenvalue weighted by molar-refractivity contribution is 5.98. The van der Waals surface area contributed by atoms with Gasteiger partial charge in [-0.25, -0.2) is 4.98 Å². The average molecular weight is 236 g/mol. The molecule has 0 spiro atoms. The van der Waals surface area contributed by atoms with Gasteiger partial charge in [0.05, 0.1) is 0 Å². The molecule has 6 heteroatoms. The molecule has 0 radical (unpaired) electrons. The van der Waals surface area contributed by atoms with Crippen LogP contribution in [0.15, 0.2) is 18.3 Å². The van der Waals surface area contributed by atoms with Crippen LogP contribution in [-0.4, -0.2) is 29.3 Å². The van der Waals surface area contributed by atoms with Crippen LogP contribution in [0.1, 0.15) is 24.2 Å². The molecule has 0 fully saturated rings. The lowest BCUT2D eigenvalue weighted by Crippen LogP contribution is -2.13. The molecule has 6 nitrogen and oxygen atoms in total. The fourth-order valence-electron chi connectivity index (χ4n) is 1.06. The van der Waals surface area contributed by atoms with E-state index < -0.39 is 5.97 Å². The number of amides is 1. The van der Waals surface area contributed by atoms with Gasteiger partial charge in [0.2, 0.25) is 11.7 Å². The molecule has 1 N–H and O–H groups in total. The molecule has 1 amide bonds. The molecule has 1 aromatic rings. The van der Waals surface area contributed by atoms with Gasteiger partial charge >= 0.3 is 5.97 Å². The zero-order chi connectivity index (χ0) is 12.8. The predicted molar refractivity (Wildman–Crippen MR) is 59.5 cm³/mol. The minimum absolute atomic E-state index is 0.239. The summed E-state index contributed by atoms with van der Waals surface area (Å²) in [6.07, 6.45) is 1.32. The van der Waals surface area contributed by atoms with E-state index in [1.54, 1.807) is 0 Å². The molecular weight excluding hydrogens is 224 g/mol. The third-order valence-electron chi connectivity index (χ3n) is 1.80. The monoisotopic (exact) mass is 236 g/mol. The van der Waals surface area contributed by atoms with Gasteiger partial charge in [0, 0.05) is 25.6 Å². The van der Waals surface area contributed by atoms with Gasteiger partial charge < -0.3 is 10.1 Å². The van der Waals surface area contributed by atoms with Crippen molar-refractivity contribution in [3.05, 3.63) is 23.9 Å². The molecule has 1 heterocycles. The Morgan fingerprint density at radius 3 is 2.47 bits per heavy atom. The first-order valence-corrected chi connectivity index (χ1v) is 4.89. The van der Waals surface area contributed by atoms with Gasteiger partial charge in [-0.05, 0) is 12.1 Å². The van der Waals surface area contributed by atoms with Gasteiger partial charge in [-0.15, -0.1) is 0 Å². The van der Waals surface area contributed by atoms with Crippen LogP contribution in [-0.2, 0) is 14.3 Å². The molecule has 90 valence electrons. The number of pyridine rings is 1. The number of ketones is 1. The number of nitrogens with zero attached hydrogens (tertiary/aromatic N) is 1. The SMILES string of the molecule is CC(=O)Nc1ccc(C(=O)COC(C)=O)cn1. The second-order valence-corrected chi connectivity index (χ2v) is 3.32. The number of esters is 1. The molecule has 0 aromatic carbocycles. The maximum absolute atomic E-state index is 11.5. The molecule has 1 aromatic heterocycles. The lowest BCUT2D eigenvalue weighted by atomic mass is 10.2. The Hall–Kier alpha value is -2.24. The Morgan fingerprint density at radius 2 is 2.00 bits per heavy atom. The van der Waals surface area contributed by atoms with Crippen molar-refractivity contribution in [3.63, 3.8) is 0 Å². The highest BCUT2D eigenvalue weighted by atomic mass is 16.5. The summed E-state index contributed by atoms with van der Waals surface area (Å²) in [5.74, 6) is -0.735. The molecule has 0 saturated carbocycles. The number of aromatic nitrogens is 1. The second-order valence-electron chi connectivity index (χ2n) is 3.32. The fourth-order valence-corrected chi connectivity index (χ4v) is 1.06. The standard InChI is InChI=1S/C11H12N2O4/c1-7(14)13-11-4-3-9(5-12-11)10(16)6-17-8(2)15/h3-5H,6H2,1-2H3,(H,12,13,14). The maximum atomic E-state index is 11.5. The van der Waals surface area contributed by atoms with Gasteiger partial charge in [-0.2, -0.15) is 0 Å². The van der Waals surface area contributed by atoms with Crippen LogP contribution < -0.4 is 5.32 Å². The number of carbonyl (C=O) groups excluding carboxylic acids is 3. The Kier molecular flexibility index (Phi) is 4.33. The molecule has 0 aliphatic carbocycles. The summed E-state index contributed by atoms with van der Waals surface area (Å²) in [4.78, 5) is 36.6. The van der Waals surface area contributed by atoms with Crippen LogP contribution in [0.25, 0.3) is 0 Å². The van der Waals surface area contributed by atoms with E-state index in [2.05, 4.69) is 15.0 Å². The van der Waals surface area contributed by atoms with Crippen molar-refractivity contribution < 1.29 is 19.1 Å². The molecule has 17 heavy (non-hydrogen) atoms. The number of Topliss-reactive ketones (excluding diaryl/α,β-unsaturated/α-hetero) is 1. The van der Waals surface area contributed by atoms with E-state index >= 15 is 0 Å². The van der Waals surface area contributed by atoms with Crippen LogP contribution in [0.4, 0.5) is 5.82 Å². The Labute approximate surface area is 98.0 Å². The average Bonchev–Trinajstić information content (AvgIpc) is 2.26. The number of hydrogen-bond donors (Lipinski definition) is 1. The Bertz CT molecular complexity index is 439. The van der Waals surface area contributed by atoms with Gasteiger partial charge in [-0.1, -0.05) is 0 Å². The van der Waals surface area contributed by atoms with Crippen molar-refractivity contribution in [1.82, 2.24) is 4.98 Å². The van der Waals surface area contributed by atoms with E-state index in [4.69, 9.17) is 0 Å². The lowest BCUT2D eigenvalue weighted by molar-refractivity contribution is -0.139. The van der Waals surface area contributed by atoms with Crippen LogP contribution in [0.3, 0.4) is 0 Å². The Morgan fingerprint density at radius 1 is 1.29 bits per heavy atom. The number of anilines is 1. The maximum Gasteiger partial charge on any atom is 0.303 e. The number of ether oxygens (including phenoxy) is 1. The number of nitrogens with one attached hydrogen (secondary N) is 1. The summed E-state index contributed by atoms with van der Waals surface area (Å²) in [5, 5.41) is 2.47. The number of rotatable bonds is 4. The van der Waals surface area contributed by atoms with E-state index in [-0.39, 0.29) is 18.3 Å². The van der Waals surface area contributed by atoms with Crippen molar-refractivity contribution in [3.8, 4) is 0 Å². The first kappa shape index (κ1) is 12.8. The van der Waals surface area contributed by atoms with Crippen molar-refractivity contribution in [1.29, 1.82) is 0 Å². The predicted octanol–water partition coefficient (Wildman–Crippen LogP) is 0.786. The zero-order valence-corrected chi connectivity index (χ0v) is 9.52. The molecule has 0 bridgehead atoms. The molecule has 0 atom stereocenters. The van der Waals surface area contributed by atoms with Crippen LogP contribution in [0.2, 0.25) is 0 Å². The third kappa shape index (κ3) is 4.42. The smallest absolute Gasteiger partial charge is 0.303 e. The van der Waals surface area contributed by atoms with Gasteiger partial charge in [-0.3, -0.25) is 14.4 Å². The van der Waals surface area contributed by atoms with E-state index in [1.165, 1.54) is 32.2 Å². The van der Waals surface area contributed by atoms with E-state index in [1.807, 2.05) is 0 Å².